The highest BCUT2D eigenvalue weighted by Crippen LogP contribution is 2.30. The van der Waals surface area contributed by atoms with Gasteiger partial charge < -0.3 is 4.90 Å². The SMILES string of the molecule is Cc1ccc(S(=O)(=O)NCc2ccc3c(c2)CCN3C(=O)CC(C)C)cc1C. The number of carbonyl (C=O) groups excluding carboxylic acids is 1. The van der Waals surface area contributed by atoms with Crippen molar-refractivity contribution in [2.75, 3.05) is 11.4 Å². The molecule has 1 N–H and O–H groups in total. The average Bonchev–Trinajstić information content (AvgIpc) is 3.05. The summed E-state index contributed by atoms with van der Waals surface area (Å²) in [6.07, 6.45) is 1.34. The third kappa shape index (κ3) is 4.45. The lowest BCUT2D eigenvalue weighted by Crippen LogP contribution is -2.29. The topological polar surface area (TPSA) is 66.5 Å². The Kier molecular flexibility index (Phi) is 5.91. The number of amides is 1. The van der Waals surface area contributed by atoms with Gasteiger partial charge in [-0.2, -0.15) is 0 Å². The molecule has 6 heteroatoms. The Morgan fingerprint density at radius 1 is 1.11 bits per heavy atom. The predicted molar refractivity (Wildman–Crippen MR) is 112 cm³/mol. The van der Waals surface area contributed by atoms with Gasteiger partial charge in [0.05, 0.1) is 4.90 Å². The number of hydrogen-bond acceptors (Lipinski definition) is 3. The predicted octanol–water partition coefficient (Wildman–Crippen LogP) is 3.72. The van der Waals surface area contributed by atoms with Crippen molar-refractivity contribution in [3.05, 3.63) is 58.7 Å². The van der Waals surface area contributed by atoms with Gasteiger partial charge in [-0.3, -0.25) is 4.79 Å². The molecule has 0 aromatic heterocycles. The summed E-state index contributed by atoms with van der Waals surface area (Å²) in [6.45, 7) is 8.86. The highest BCUT2D eigenvalue weighted by molar-refractivity contribution is 7.89. The molecule has 0 unspecified atom stereocenters. The van der Waals surface area contributed by atoms with Crippen LogP contribution in [0, 0.1) is 19.8 Å². The van der Waals surface area contributed by atoms with Crippen molar-refractivity contribution >= 4 is 21.6 Å². The number of anilines is 1. The summed E-state index contributed by atoms with van der Waals surface area (Å²) in [5.74, 6) is 0.479. The fourth-order valence-corrected chi connectivity index (χ4v) is 4.53. The van der Waals surface area contributed by atoms with E-state index in [2.05, 4.69) is 4.72 Å². The Labute approximate surface area is 167 Å². The maximum Gasteiger partial charge on any atom is 0.240 e. The van der Waals surface area contributed by atoms with Crippen molar-refractivity contribution in [2.45, 2.75) is 52.0 Å². The zero-order valence-corrected chi connectivity index (χ0v) is 17.8. The maximum absolute atomic E-state index is 12.6. The van der Waals surface area contributed by atoms with Crippen molar-refractivity contribution in [3.8, 4) is 0 Å². The summed E-state index contributed by atoms with van der Waals surface area (Å²) in [4.78, 5) is 14.5. The molecule has 1 aliphatic rings. The van der Waals surface area contributed by atoms with Gasteiger partial charge in [0.25, 0.3) is 0 Å². The van der Waals surface area contributed by atoms with Crippen LogP contribution < -0.4 is 9.62 Å². The minimum atomic E-state index is -3.56. The van der Waals surface area contributed by atoms with E-state index in [9.17, 15) is 13.2 Å². The van der Waals surface area contributed by atoms with Crippen LogP contribution in [0.15, 0.2) is 41.3 Å². The van der Waals surface area contributed by atoms with Crippen LogP contribution in [0.5, 0.6) is 0 Å². The second-order valence-electron chi connectivity index (χ2n) is 7.93. The number of hydrogen-bond donors (Lipinski definition) is 1. The third-order valence-electron chi connectivity index (χ3n) is 5.18. The van der Waals surface area contributed by atoms with Gasteiger partial charge in [0.15, 0.2) is 0 Å². The van der Waals surface area contributed by atoms with Crippen LogP contribution >= 0.6 is 0 Å². The van der Waals surface area contributed by atoms with Gasteiger partial charge in [0, 0.05) is 25.2 Å². The number of rotatable bonds is 6. The smallest absolute Gasteiger partial charge is 0.240 e. The zero-order valence-electron chi connectivity index (χ0n) is 17.0. The number of fused-ring (bicyclic) bond motifs is 1. The van der Waals surface area contributed by atoms with Crippen LogP contribution in [0.2, 0.25) is 0 Å². The van der Waals surface area contributed by atoms with Gasteiger partial charge in [-0.05, 0) is 66.6 Å². The Balaban J connectivity index is 1.71. The molecule has 1 heterocycles. The molecule has 0 fully saturated rings. The van der Waals surface area contributed by atoms with Gasteiger partial charge in [0.2, 0.25) is 15.9 Å². The summed E-state index contributed by atoms with van der Waals surface area (Å²) < 4.78 is 27.8. The average molecular weight is 401 g/mol. The molecule has 0 saturated carbocycles. The summed E-state index contributed by atoms with van der Waals surface area (Å²) in [5.41, 5.74) is 4.96. The summed E-state index contributed by atoms with van der Waals surface area (Å²) in [7, 11) is -3.56. The number of sulfonamides is 1. The fraction of sp³-hybridized carbons (Fsp3) is 0.409. The van der Waals surface area contributed by atoms with Crippen molar-refractivity contribution in [1.82, 2.24) is 4.72 Å². The molecule has 28 heavy (non-hydrogen) atoms. The summed E-state index contributed by atoms with van der Waals surface area (Å²) in [5, 5.41) is 0. The van der Waals surface area contributed by atoms with E-state index in [0.29, 0.717) is 18.9 Å². The first-order chi connectivity index (χ1) is 13.2. The molecule has 2 aromatic carbocycles. The number of benzene rings is 2. The van der Waals surface area contributed by atoms with Gasteiger partial charge in [0.1, 0.15) is 0 Å². The molecule has 0 aliphatic carbocycles. The highest BCUT2D eigenvalue weighted by Gasteiger charge is 2.25. The lowest BCUT2D eigenvalue weighted by molar-refractivity contribution is -0.119. The second kappa shape index (κ2) is 8.05. The first-order valence-electron chi connectivity index (χ1n) is 9.66. The van der Waals surface area contributed by atoms with Crippen molar-refractivity contribution in [2.24, 2.45) is 5.92 Å². The largest absolute Gasteiger partial charge is 0.312 e. The molecule has 0 radical (unpaired) electrons. The summed E-state index contributed by atoms with van der Waals surface area (Å²) >= 11 is 0. The minimum absolute atomic E-state index is 0.150. The number of nitrogens with one attached hydrogen (secondary N) is 1. The van der Waals surface area contributed by atoms with E-state index in [1.165, 1.54) is 0 Å². The Morgan fingerprint density at radius 2 is 1.86 bits per heavy atom. The van der Waals surface area contributed by atoms with E-state index in [1.807, 2.05) is 56.9 Å². The van der Waals surface area contributed by atoms with Crippen LogP contribution in [-0.2, 0) is 27.8 Å². The maximum atomic E-state index is 12.6. The molecule has 1 aliphatic heterocycles. The van der Waals surface area contributed by atoms with Gasteiger partial charge in [-0.25, -0.2) is 13.1 Å². The van der Waals surface area contributed by atoms with Crippen LogP contribution in [0.4, 0.5) is 5.69 Å². The van der Waals surface area contributed by atoms with Crippen molar-refractivity contribution in [3.63, 3.8) is 0 Å². The van der Waals surface area contributed by atoms with Crippen molar-refractivity contribution < 1.29 is 13.2 Å². The Hall–Kier alpha value is -2.18. The van der Waals surface area contributed by atoms with Crippen LogP contribution in [0.1, 0.15) is 42.5 Å². The second-order valence-corrected chi connectivity index (χ2v) is 9.69. The Bertz CT molecular complexity index is 997. The van der Waals surface area contributed by atoms with Crippen LogP contribution in [0.3, 0.4) is 0 Å². The number of carbonyl (C=O) groups is 1. The molecule has 0 bridgehead atoms. The van der Waals surface area contributed by atoms with Crippen LogP contribution in [-0.4, -0.2) is 20.9 Å². The summed E-state index contributed by atoms with van der Waals surface area (Å²) in [6, 6.07) is 11.0. The fourth-order valence-electron chi connectivity index (χ4n) is 3.43. The molecular formula is C22H28N2O3S. The Morgan fingerprint density at radius 3 is 2.54 bits per heavy atom. The van der Waals surface area contributed by atoms with E-state index < -0.39 is 10.0 Å². The quantitative estimate of drug-likeness (QED) is 0.804. The normalized spacial score (nSPS) is 13.8. The van der Waals surface area contributed by atoms with Crippen molar-refractivity contribution in [1.29, 1.82) is 0 Å². The molecule has 1 amide bonds. The molecule has 0 atom stereocenters. The lowest BCUT2D eigenvalue weighted by Gasteiger charge is -2.18. The van der Waals surface area contributed by atoms with E-state index in [1.54, 1.807) is 12.1 Å². The van der Waals surface area contributed by atoms with E-state index in [-0.39, 0.29) is 17.3 Å². The highest BCUT2D eigenvalue weighted by atomic mass is 32.2. The lowest BCUT2D eigenvalue weighted by atomic mass is 10.1. The molecule has 3 rings (SSSR count). The molecule has 5 nitrogen and oxygen atoms in total. The van der Waals surface area contributed by atoms with Gasteiger partial charge >= 0.3 is 0 Å². The van der Waals surface area contributed by atoms with E-state index in [4.69, 9.17) is 0 Å². The van der Waals surface area contributed by atoms with E-state index in [0.717, 1.165) is 34.4 Å². The van der Waals surface area contributed by atoms with E-state index >= 15 is 0 Å². The molecule has 150 valence electrons. The van der Waals surface area contributed by atoms with Gasteiger partial charge in [-0.15, -0.1) is 0 Å². The first kappa shape index (κ1) is 20.6. The molecular weight excluding hydrogens is 372 g/mol. The molecule has 0 saturated heterocycles. The molecule has 0 spiro atoms. The third-order valence-corrected chi connectivity index (χ3v) is 6.58. The number of aryl methyl sites for hydroxylation is 2. The minimum Gasteiger partial charge on any atom is -0.312 e. The monoisotopic (exact) mass is 400 g/mol. The zero-order chi connectivity index (χ0) is 20.5. The number of nitrogens with zero attached hydrogens (tertiary/aromatic N) is 1. The first-order valence-corrected chi connectivity index (χ1v) is 11.1. The standard InChI is InChI=1S/C22H28N2O3S/c1-15(2)11-22(25)24-10-9-19-13-18(6-8-21(19)24)14-23-28(26,27)20-7-5-16(3)17(4)12-20/h5-8,12-13,15,23H,9-11,14H2,1-4H3. The van der Waals surface area contributed by atoms with Crippen LogP contribution in [0.25, 0.3) is 0 Å². The molecule has 2 aromatic rings. The van der Waals surface area contributed by atoms with Gasteiger partial charge in [-0.1, -0.05) is 32.0 Å².